The Morgan fingerprint density at radius 3 is 2.93 bits per heavy atom. The van der Waals surface area contributed by atoms with E-state index in [4.69, 9.17) is 4.74 Å². The first-order valence-corrected chi connectivity index (χ1v) is 9.37. The van der Waals surface area contributed by atoms with Crippen molar-refractivity contribution in [3.8, 4) is 5.75 Å². The summed E-state index contributed by atoms with van der Waals surface area (Å²) < 4.78 is 6.90. The Morgan fingerprint density at radius 2 is 2.07 bits per heavy atom. The maximum atomic E-state index is 12.9. The van der Waals surface area contributed by atoms with Gasteiger partial charge in [0.05, 0.1) is 28.8 Å². The number of fused-ring (bicyclic) bond motifs is 4. The molecule has 30 heavy (non-hydrogen) atoms. The van der Waals surface area contributed by atoms with Crippen molar-refractivity contribution < 1.29 is 14.3 Å². The van der Waals surface area contributed by atoms with Crippen LogP contribution in [0.1, 0.15) is 28.9 Å². The summed E-state index contributed by atoms with van der Waals surface area (Å²) in [6.45, 7) is 1.81. The Morgan fingerprint density at radius 1 is 1.23 bits per heavy atom. The molecule has 0 saturated carbocycles. The number of nitrogens with one attached hydrogen (secondary N) is 3. The number of aromatic nitrogens is 3. The van der Waals surface area contributed by atoms with Crippen molar-refractivity contribution in [1.29, 1.82) is 0 Å². The molecule has 1 aliphatic heterocycles. The lowest BCUT2D eigenvalue weighted by Gasteiger charge is -2.20. The highest BCUT2D eigenvalue weighted by Crippen LogP contribution is 2.30. The summed E-state index contributed by atoms with van der Waals surface area (Å²) >= 11 is 0. The Balaban J connectivity index is 1.46. The highest BCUT2D eigenvalue weighted by molar-refractivity contribution is 6.01. The third kappa shape index (κ3) is 2.87. The zero-order valence-electron chi connectivity index (χ0n) is 15.9. The van der Waals surface area contributed by atoms with E-state index in [0.29, 0.717) is 28.0 Å². The SMILES string of the molecule is CC(NC(=O)c1cnn2c1[nH]c(=O)c1ccccc12)c1ccc2c(c1)NC(=O)CO2. The molecule has 2 amide bonds. The average Bonchev–Trinajstić information content (AvgIpc) is 3.17. The molecule has 9 nitrogen and oxygen atoms in total. The highest BCUT2D eigenvalue weighted by atomic mass is 16.5. The van der Waals surface area contributed by atoms with Crippen LogP contribution in [0.2, 0.25) is 0 Å². The first kappa shape index (κ1) is 17.9. The minimum atomic E-state index is -0.374. The fourth-order valence-electron chi connectivity index (χ4n) is 3.57. The quantitative estimate of drug-likeness (QED) is 0.484. The van der Waals surface area contributed by atoms with E-state index in [1.165, 1.54) is 6.20 Å². The van der Waals surface area contributed by atoms with Crippen LogP contribution in [0.4, 0.5) is 5.69 Å². The van der Waals surface area contributed by atoms with Gasteiger partial charge in [0, 0.05) is 0 Å². The van der Waals surface area contributed by atoms with Crippen LogP contribution in [0.25, 0.3) is 16.6 Å². The summed E-state index contributed by atoms with van der Waals surface area (Å²) in [4.78, 5) is 39.6. The maximum Gasteiger partial charge on any atom is 0.262 e. The normalized spacial score (nSPS) is 14.1. The van der Waals surface area contributed by atoms with Crippen LogP contribution >= 0.6 is 0 Å². The summed E-state index contributed by atoms with van der Waals surface area (Å²) in [5, 5.41) is 10.4. The maximum absolute atomic E-state index is 12.9. The van der Waals surface area contributed by atoms with Gasteiger partial charge in [0.1, 0.15) is 17.0 Å². The van der Waals surface area contributed by atoms with Crippen molar-refractivity contribution in [2.45, 2.75) is 13.0 Å². The van der Waals surface area contributed by atoms with Crippen molar-refractivity contribution in [2.75, 3.05) is 11.9 Å². The Kier molecular flexibility index (Phi) is 4.02. The zero-order chi connectivity index (χ0) is 20.8. The first-order valence-electron chi connectivity index (χ1n) is 9.37. The molecule has 9 heteroatoms. The molecule has 1 unspecified atom stereocenters. The van der Waals surface area contributed by atoms with Gasteiger partial charge in [-0.2, -0.15) is 5.10 Å². The van der Waals surface area contributed by atoms with Gasteiger partial charge in [0.15, 0.2) is 6.61 Å². The molecule has 0 radical (unpaired) electrons. The second-order valence-corrected chi connectivity index (χ2v) is 7.08. The highest BCUT2D eigenvalue weighted by Gasteiger charge is 2.21. The molecule has 0 spiro atoms. The second kappa shape index (κ2) is 6.73. The number of para-hydroxylation sites is 1. The number of aromatic amines is 1. The molecule has 5 rings (SSSR count). The van der Waals surface area contributed by atoms with Crippen molar-refractivity contribution >= 4 is 34.1 Å². The third-order valence-corrected chi connectivity index (χ3v) is 5.11. The minimum absolute atomic E-state index is 0.0136. The van der Waals surface area contributed by atoms with E-state index in [1.807, 2.05) is 19.1 Å². The number of amides is 2. The first-order chi connectivity index (χ1) is 14.5. The van der Waals surface area contributed by atoms with E-state index >= 15 is 0 Å². The van der Waals surface area contributed by atoms with Gasteiger partial charge >= 0.3 is 0 Å². The van der Waals surface area contributed by atoms with Crippen LogP contribution in [0.3, 0.4) is 0 Å². The van der Waals surface area contributed by atoms with Gasteiger partial charge in [-0.1, -0.05) is 18.2 Å². The van der Waals surface area contributed by atoms with Crippen molar-refractivity contribution in [3.63, 3.8) is 0 Å². The molecule has 2 aromatic carbocycles. The second-order valence-electron chi connectivity index (χ2n) is 7.08. The zero-order valence-corrected chi connectivity index (χ0v) is 15.9. The lowest BCUT2D eigenvalue weighted by atomic mass is 10.1. The van der Waals surface area contributed by atoms with Gasteiger partial charge in [0.2, 0.25) is 0 Å². The molecule has 150 valence electrons. The van der Waals surface area contributed by atoms with Crippen molar-refractivity contribution in [2.24, 2.45) is 0 Å². The molecule has 0 aliphatic carbocycles. The molecular weight excluding hydrogens is 386 g/mol. The van der Waals surface area contributed by atoms with E-state index in [-0.39, 0.29) is 35.6 Å². The summed E-state index contributed by atoms with van der Waals surface area (Å²) in [6, 6.07) is 12.1. The number of H-pyrrole nitrogens is 1. The van der Waals surface area contributed by atoms with Crippen LogP contribution < -0.4 is 20.9 Å². The lowest BCUT2D eigenvalue weighted by Crippen LogP contribution is -2.28. The van der Waals surface area contributed by atoms with Crippen LogP contribution in [-0.4, -0.2) is 33.0 Å². The fourth-order valence-corrected chi connectivity index (χ4v) is 3.57. The summed E-state index contributed by atoms with van der Waals surface area (Å²) in [5.41, 5.74) is 2.29. The average molecular weight is 403 g/mol. The van der Waals surface area contributed by atoms with Gasteiger partial charge in [-0.25, -0.2) is 4.52 Å². The summed E-state index contributed by atoms with van der Waals surface area (Å²) in [7, 11) is 0. The van der Waals surface area contributed by atoms with Crippen LogP contribution in [0.5, 0.6) is 5.75 Å². The molecule has 2 aromatic heterocycles. The predicted molar refractivity (Wildman–Crippen MR) is 110 cm³/mol. The van der Waals surface area contributed by atoms with Gasteiger partial charge in [-0.15, -0.1) is 0 Å². The Hall–Kier alpha value is -4.14. The number of benzene rings is 2. The standard InChI is InChI=1S/C21H17N5O4/c1-11(12-6-7-17-15(8-12)24-18(27)10-30-17)23-21(29)14-9-22-26-16-5-3-2-4-13(16)20(28)25-19(14)26/h2-9,11H,10H2,1H3,(H,23,29)(H,24,27)(H,25,28). The van der Waals surface area contributed by atoms with Crippen LogP contribution in [0, 0.1) is 0 Å². The number of rotatable bonds is 3. The molecule has 1 aliphatic rings. The largest absolute Gasteiger partial charge is 0.482 e. The van der Waals surface area contributed by atoms with Gasteiger partial charge in [0.25, 0.3) is 17.4 Å². The molecule has 3 heterocycles. The minimum Gasteiger partial charge on any atom is -0.482 e. The van der Waals surface area contributed by atoms with Crippen molar-refractivity contribution in [3.05, 3.63) is 70.1 Å². The van der Waals surface area contributed by atoms with Crippen LogP contribution in [-0.2, 0) is 4.79 Å². The molecule has 0 bridgehead atoms. The van der Waals surface area contributed by atoms with E-state index in [0.717, 1.165) is 5.56 Å². The Bertz CT molecular complexity index is 1390. The number of ether oxygens (including phenoxy) is 1. The third-order valence-electron chi connectivity index (χ3n) is 5.11. The monoisotopic (exact) mass is 403 g/mol. The molecule has 0 fully saturated rings. The molecule has 3 N–H and O–H groups in total. The fraction of sp³-hybridized carbons (Fsp3) is 0.143. The van der Waals surface area contributed by atoms with Gasteiger partial charge in [-0.3, -0.25) is 14.4 Å². The smallest absolute Gasteiger partial charge is 0.262 e. The molecule has 0 saturated heterocycles. The van der Waals surface area contributed by atoms with E-state index < -0.39 is 0 Å². The van der Waals surface area contributed by atoms with Crippen molar-refractivity contribution in [1.82, 2.24) is 19.9 Å². The number of hydrogen-bond donors (Lipinski definition) is 3. The lowest BCUT2D eigenvalue weighted by molar-refractivity contribution is -0.118. The van der Waals surface area contributed by atoms with Crippen LogP contribution in [0.15, 0.2) is 53.5 Å². The summed E-state index contributed by atoms with van der Waals surface area (Å²) in [5.74, 6) is -0.00994. The Labute approximate surface area is 169 Å². The number of hydrogen-bond acceptors (Lipinski definition) is 5. The summed E-state index contributed by atoms with van der Waals surface area (Å²) in [6.07, 6.45) is 1.43. The topological polar surface area (TPSA) is 118 Å². The number of anilines is 1. The van der Waals surface area contributed by atoms with Gasteiger partial charge in [-0.05, 0) is 36.8 Å². The number of carbonyl (C=O) groups excluding carboxylic acids is 2. The molecule has 1 atom stereocenters. The van der Waals surface area contributed by atoms with E-state index in [1.54, 1.807) is 34.8 Å². The predicted octanol–water partition coefficient (Wildman–Crippen LogP) is 2.00. The molecular formula is C21H17N5O4. The van der Waals surface area contributed by atoms with E-state index in [2.05, 4.69) is 20.7 Å². The van der Waals surface area contributed by atoms with E-state index in [9.17, 15) is 14.4 Å². The van der Waals surface area contributed by atoms with Gasteiger partial charge < -0.3 is 20.4 Å². The molecule has 4 aromatic rings. The number of nitrogens with zero attached hydrogens (tertiary/aromatic N) is 2. The number of carbonyl (C=O) groups is 2.